The Kier molecular flexibility index (Phi) is 4.30. The van der Waals surface area contributed by atoms with Crippen molar-refractivity contribution in [2.45, 2.75) is 0 Å². The molecule has 0 amide bonds. The smallest absolute Gasteiger partial charge is 0.336 e. The van der Waals surface area contributed by atoms with Crippen LogP contribution in [0.4, 0.5) is 8.78 Å². The van der Waals surface area contributed by atoms with Crippen LogP contribution in [0.5, 0.6) is 5.75 Å². The topological polar surface area (TPSA) is 87.7 Å². The summed E-state index contributed by atoms with van der Waals surface area (Å²) in [6.45, 7) is 0. The first-order valence-corrected chi connectivity index (χ1v) is 8.96. The molecule has 2 aliphatic rings. The molecule has 0 radical (unpaired) electrons. The fourth-order valence-electron chi connectivity index (χ4n) is 3.10. The summed E-state index contributed by atoms with van der Waals surface area (Å²) in [7, 11) is 0. The molecule has 2 aromatic rings. The van der Waals surface area contributed by atoms with E-state index in [1.165, 1.54) is 12.1 Å². The van der Waals surface area contributed by atoms with Gasteiger partial charge in [-0.1, -0.05) is 6.07 Å². The van der Waals surface area contributed by atoms with Crippen molar-refractivity contribution in [3.63, 3.8) is 0 Å². The molecule has 0 fully saturated rings. The lowest BCUT2D eigenvalue weighted by Gasteiger charge is -2.17. The second kappa shape index (κ2) is 6.55. The van der Waals surface area contributed by atoms with Crippen LogP contribution in [0.3, 0.4) is 0 Å². The normalized spacial score (nSPS) is 11.2. The van der Waals surface area contributed by atoms with Crippen molar-refractivity contribution in [2.75, 3.05) is 0 Å². The lowest BCUT2D eigenvalue weighted by molar-refractivity contribution is 0.0697. The summed E-state index contributed by atoms with van der Waals surface area (Å²) in [6.07, 6.45) is 0. The van der Waals surface area contributed by atoms with Gasteiger partial charge in [-0.15, -0.1) is 0 Å². The Morgan fingerprint density at radius 2 is 1.75 bits per heavy atom. The van der Waals surface area contributed by atoms with E-state index >= 15 is 0 Å². The van der Waals surface area contributed by atoms with Gasteiger partial charge in [-0.3, -0.25) is 4.79 Å². The summed E-state index contributed by atoms with van der Waals surface area (Å²) in [5, 5.41) is 19.4. The largest absolute Gasteiger partial charge is 0.505 e. The minimum atomic E-state index is -1.23. The van der Waals surface area contributed by atoms with Crippen molar-refractivity contribution in [1.29, 1.82) is 0 Å². The van der Waals surface area contributed by atoms with Crippen LogP contribution in [-0.2, 0) is 0 Å². The van der Waals surface area contributed by atoms with Crippen LogP contribution < -0.4 is 5.43 Å². The van der Waals surface area contributed by atoms with Gasteiger partial charge in [-0.25, -0.2) is 13.6 Å². The van der Waals surface area contributed by atoms with Crippen LogP contribution in [0.15, 0.2) is 51.7 Å². The Labute approximate surface area is 169 Å². The van der Waals surface area contributed by atoms with Gasteiger partial charge in [0.2, 0.25) is 5.43 Å². The number of phenolic OH excluding ortho intramolecular Hbond substituents is 1. The highest BCUT2D eigenvalue weighted by atomic mass is 127. The summed E-state index contributed by atoms with van der Waals surface area (Å²) >= 11 is 1.95. The molecule has 5 nitrogen and oxygen atoms in total. The fourth-order valence-corrected chi connectivity index (χ4v) is 3.59. The molecular formula is C20H9F2IO5. The van der Waals surface area contributed by atoms with E-state index in [9.17, 15) is 28.6 Å². The van der Waals surface area contributed by atoms with Gasteiger partial charge in [0.1, 0.15) is 11.3 Å². The molecule has 2 aromatic carbocycles. The van der Waals surface area contributed by atoms with E-state index in [0.29, 0.717) is 3.57 Å². The second-order valence-electron chi connectivity index (χ2n) is 6.05. The molecule has 28 heavy (non-hydrogen) atoms. The number of carboxylic acids is 1. The van der Waals surface area contributed by atoms with Crippen molar-refractivity contribution in [2.24, 2.45) is 0 Å². The quantitative estimate of drug-likeness (QED) is 0.308. The maximum atomic E-state index is 14.1. The number of aromatic hydroxyl groups is 1. The Hall–Kier alpha value is -3.01. The number of phenols is 1. The first-order chi connectivity index (χ1) is 13.3. The van der Waals surface area contributed by atoms with E-state index < -0.39 is 28.8 Å². The predicted octanol–water partition coefficient (Wildman–Crippen LogP) is 4.85. The second-order valence-corrected chi connectivity index (χ2v) is 7.30. The molecule has 0 unspecified atom stereocenters. The van der Waals surface area contributed by atoms with Crippen molar-refractivity contribution >= 4 is 39.5 Å². The third-order valence-electron chi connectivity index (χ3n) is 4.32. The van der Waals surface area contributed by atoms with Gasteiger partial charge in [-0.05, 0) is 52.4 Å². The average molecular weight is 494 g/mol. The number of aromatic carboxylic acids is 1. The van der Waals surface area contributed by atoms with Gasteiger partial charge in [0, 0.05) is 32.2 Å². The number of halogens is 3. The van der Waals surface area contributed by atoms with Crippen LogP contribution in [0.2, 0.25) is 0 Å². The van der Waals surface area contributed by atoms with Gasteiger partial charge in [0.15, 0.2) is 17.4 Å². The maximum absolute atomic E-state index is 14.1. The molecule has 140 valence electrons. The SMILES string of the molecule is O=C(O)c1cc(I)ccc1-c1c2cc(F)c(=O)cc-2oc2cc(O)c(F)cc12. The number of benzene rings is 3. The Morgan fingerprint density at radius 3 is 2.46 bits per heavy atom. The third kappa shape index (κ3) is 2.89. The van der Waals surface area contributed by atoms with Gasteiger partial charge in [0.25, 0.3) is 0 Å². The van der Waals surface area contributed by atoms with E-state index in [1.54, 1.807) is 6.07 Å². The zero-order valence-electron chi connectivity index (χ0n) is 13.8. The molecule has 0 aromatic heterocycles. The van der Waals surface area contributed by atoms with Crippen molar-refractivity contribution < 1.29 is 28.2 Å². The minimum Gasteiger partial charge on any atom is -0.505 e. The van der Waals surface area contributed by atoms with Crippen LogP contribution in [0.25, 0.3) is 33.4 Å². The summed E-state index contributed by atoms with van der Waals surface area (Å²) in [5.41, 5.74) is -0.486. The highest BCUT2D eigenvalue weighted by molar-refractivity contribution is 14.1. The number of carboxylic acid groups (broad SMARTS) is 1. The number of fused-ring (bicyclic) bond motifs is 2. The van der Waals surface area contributed by atoms with E-state index in [2.05, 4.69) is 0 Å². The number of carbonyl (C=O) groups is 1. The lowest BCUT2D eigenvalue weighted by Crippen LogP contribution is -2.08. The third-order valence-corrected chi connectivity index (χ3v) is 4.99. The minimum absolute atomic E-state index is 0.0160. The molecule has 8 heteroatoms. The van der Waals surface area contributed by atoms with Crippen LogP contribution >= 0.6 is 22.6 Å². The molecule has 1 aliphatic carbocycles. The molecule has 0 atom stereocenters. The van der Waals surface area contributed by atoms with Crippen molar-refractivity contribution in [3.05, 3.63) is 73.5 Å². The zero-order chi connectivity index (χ0) is 20.2. The lowest BCUT2D eigenvalue weighted by atomic mass is 9.90. The molecule has 0 saturated heterocycles. The Balaban J connectivity index is 2.26. The summed E-state index contributed by atoms with van der Waals surface area (Å²) < 4.78 is 34.3. The van der Waals surface area contributed by atoms with E-state index in [4.69, 9.17) is 4.42 Å². The van der Waals surface area contributed by atoms with Crippen LogP contribution in [0.1, 0.15) is 10.4 Å². The average Bonchev–Trinajstić information content (AvgIpc) is 2.63. The highest BCUT2D eigenvalue weighted by Gasteiger charge is 2.24. The summed E-state index contributed by atoms with van der Waals surface area (Å²) in [4.78, 5) is 23.5. The van der Waals surface area contributed by atoms with Gasteiger partial charge < -0.3 is 14.6 Å². The molecule has 0 spiro atoms. The predicted molar refractivity (Wildman–Crippen MR) is 106 cm³/mol. The Morgan fingerprint density at radius 1 is 1.00 bits per heavy atom. The first kappa shape index (κ1) is 18.4. The number of hydrogen-bond donors (Lipinski definition) is 2. The molecule has 1 aliphatic heterocycles. The standard InChI is InChI=1S/C20H9F2IO5/c21-13-4-11-17(6-15(13)24)28-18-7-16(25)14(22)5-12(18)19(11)9-2-1-8(23)3-10(9)20(26)27/h1-7,24H,(H,26,27). The van der Waals surface area contributed by atoms with Crippen molar-refractivity contribution in [1.82, 2.24) is 0 Å². The fraction of sp³-hybridized carbons (Fsp3) is 0. The van der Waals surface area contributed by atoms with E-state index in [0.717, 1.165) is 24.3 Å². The van der Waals surface area contributed by atoms with Crippen LogP contribution in [-0.4, -0.2) is 16.2 Å². The molecule has 0 bridgehead atoms. The molecule has 0 saturated carbocycles. The summed E-state index contributed by atoms with van der Waals surface area (Å²) in [6, 6.07) is 8.47. The van der Waals surface area contributed by atoms with Crippen molar-refractivity contribution in [3.8, 4) is 28.2 Å². The molecule has 4 rings (SSSR count). The van der Waals surface area contributed by atoms with Gasteiger partial charge >= 0.3 is 5.97 Å². The number of hydrogen-bond acceptors (Lipinski definition) is 4. The van der Waals surface area contributed by atoms with Crippen LogP contribution in [0, 0.1) is 15.2 Å². The van der Waals surface area contributed by atoms with Gasteiger partial charge in [-0.2, -0.15) is 0 Å². The van der Waals surface area contributed by atoms with Gasteiger partial charge in [0.05, 0.1) is 5.56 Å². The molecule has 2 N–H and O–H groups in total. The first-order valence-electron chi connectivity index (χ1n) is 7.88. The highest BCUT2D eigenvalue weighted by Crippen LogP contribution is 2.43. The zero-order valence-corrected chi connectivity index (χ0v) is 16.0. The monoisotopic (exact) mass is 494 g/mol. The van der Waals surface area contributed by atoms with E-state index in [1.807, 2.05) is 22.6 Å². The Bertz CT molecular complexity index is 1310. The summed E-state index contributed by atoms with van der Waals surface area (Å²) in [5.74, 6) is -3.92. The van der Waals surface area contributed by atoms with E-state index in [-0.39, 0.29) is 39.0 Å². The maximum Gasteiger partial charge on any atom is 0.336 e. The molecule has 1 heterocycles. The number of rotatable bonds is 2. The molecular weight excluding hydrogens is 485 g/mol.